The first-order valence-electron chi connectivity index (χ1n) is 6.52. The molecule has 120 valence electrons. The van der Waals surface area contributed by atoms with Crippen LogP contribution < -0.4 is 5.32 Å². The van der Waals surface area contributed by atoms with Crippen LogP contribution in [0.4, 0.5) is 13.2 Å². The number of aryl methyl sites for hydroxylation is 3. The summed E-state index contributed by atoms with van der Waals surface area (Å²) in [5.41, 5.74) is 0.117. The molecule has 0 saturated carbocycles. The first kappa shape index (κ1) is 16.5. The highest BCUT2D eigenvalue weighted by Gasteiger charge is 2.34. The van der Waals surface area contributed by atoms with Crippen molar-refractivity contribution in [2.45, 2.75) is 33.5 Å². The molecule has 1 N–H and O–H groups in total. The minimum Gasteiger partial charge on any atom is -0.349 e. The Morgan fingerprint density at radius 1 is 1.36 bits per heavy atom. The van der Waals surface area contributed by atoms with Crippen molar-refractivity contribution < 1.29 is 18.0 Å². The molecule has 0 aliphatic heterocycles. The van der Waals surface area contributed by atoms with Gasteiger partial charge < -0.3 is 5.32 Å². The average Bonchev–Trinajstić information content (AvgIpc) is 2.92. The first-order valence-corrected chi connectivity index (χ1v) is 7.34. The molecule has 0 radical (unpaired) electrons. The predicted molar refractivity (Wildman–Crippen MR) is 75.9 cm³/mol. The molecule has 2 aromatic heterocycles. The molecule has 0 atom stereocenters. The Hall–Kier alpha value is -1.90. The van der Waals surface area contributed by atoms with Crippen molar-refractivity contribution >= 4 is 17.2 Å². The fraction of sp³-hybridized carbons (Fsp3) is 0.462. The molecule has 22 heavy (non-hydrogen) atoms. The third-order valence-electron chi connectivity index (χ3n) is 2.99. The van der Waals surface area contributed by atoms with E-state index in [1.807, 2.05) is 0 Å². The van der Waals surface area contributed by atoms with Gasteiger partial charge in [-0.1, -0.05) is 0 Å². The van der Waals surface area contributed by atoms with Gasteiger partial charge >= 0.3 is 6.18 Å². The largest absolute Gasteiger partial charge is 0.435 e. The Morgan fingerprint density at radius 3 is 2.55 bits per heavy atom. The van der Waals surface area contributed by atoms with E-state index in [-0.39, 0.29) is 19.0 Å². The second-order valence-electron chi connectivity index (χ2n) is 4.80. The van der Waals surface area contributed by atoms with Crippen molar-refractivity contribution in [3.63, 3.8) is 0 Å². The Labute approximate surface area is 129 Å². The van der Waals surface area contributed by atoms with Gasteiger partial charge in [-0.2, -0.15) is 18.3 Å². The standard InChI is InChI=1S/C13H15F3N4OS/c1-7-6-10(13(14,15)16)19-20(7)5-4-17-12(21)11-8(2)18-9(3)22-11/h6H,4-5H2,1-3H3,(H,17,21). The number of hydrogen-bond acceptors (Lipinski definition) is 4. The van der Waals surface area contributed by atoms with E-state index in [1.165, 1.54) is 16.0 Å². The predicted octanol–water partition coefficient (Wildman–Crippen LogP) is 2.71. The quantitative estimate of drug-likeness (QED) is 0.936. The summed E-state index contributed by atoms with van der Waals surface area (Å²) in [6.07, 6.45) is -4.46. The lowest BCUT2D eigenvalue weighted by Crippen LogP contribution is -2.27. The van der Waals surface area contributed by atoms with Gasteiger partial charge in [-0.25, -0.2) is 4.98 Å². The lowest BCUT2D eigenvalue weighted by molar-refractivity contribution is -0.141. The summed E-state index contributed by atoms with van der Waals surface area (Å²) in [7, 11) is 0. The van der Waals surface area contributed by atoms with E-state index in [4.69, 9.17) is 0 Å². The Bertz CT molecular complexity index is 690. The molecule has 0 saturated heterocycles. The van der Waals surface area contributed by atoms with Gasteiger partial charge in [0.15, 0.2) is 5.69 Å². The minimum atomic E-state index is -4.46. The van der Waals surface area contributed by atoms with Gasteiger partial charge in [0.25, 0.3) is 5.91 Å². The summed E-state index contributed by atoms with van der Waals surface area (Å²) in [6.45, 7) is 5.45. The van der Waals surface area contributed by atoms with Gasteiger partial charge in [-0.05, 0) is 26.8 Å². The fourth-order valence-electron chi connectivity index (χ4n) is 1.97. The number of rotatable bonds is 4. The monoisotopic (exact) mass is 332 g/mol. The number of alkyl halides is 3. The van der Waals surface area contributed by atoms with Crippen LogP contribution in [0.3, 0.4) is 0 Å². The van der Waals surface area contributed by atoms with E-state index < -0.39 is 11.9 Å². The Kier molecular flexibility index (Phi) is 4.55. The second kappa shape index (κ2) is 6.07. The molecule has 2 rings (SSSR count). The molecule has 2 aromatic rings. The molecule has 0 unspecified atom stereocenters. The smallest absolute Gasteiger partial charge is 0.349 e. The Morgan fingerprint density at radius 2 is 2.05 bits per heavy atom. The molecule has 5 nitrogen and oxygen atoms in total. The van der Waals surface area contributed by atoms with Crippen molar-refractivity contribution in [1.29, 1.82) is 0 Å². The topological polar surface area (TPSA) is 59.8 Å². The van der Waals surface area contributed by atoms with Crippen LogP contribution in [0.15, 0.2) is 6.07 Å². The number of amides is 1. The maximum atomic E-state index is 12.5. The first-order chi connectivity index (χ1) is 10.2. The van der Waals surface area contributed by atoms with Crippen LogP contribution in [-0.4, -0.2) is 27.2 Å². The molecule has 9 heteroatoms. The SMILES string of the molecule is Cc1nc(C)c(C(=O)NCCn2nc(C(F)(F)F)cc2C)s1. The number of nitrogens with one attached hydrogen (secondary N) is 1. The molecule has 0 aromatic carbocycles. The summed E-state index contributed by atoms with van der Waals surface area (Å²) in [5, 5.41) is 6.96. The van der Waals surface area contributed by atoms with E-state index in [0.717, 1.165) is 11.1 Å². The van der Waals surface area contributed by atoms with E-state index in [9.17, 15) is 18.0 Å². The maximum Gasteiger partial charge on any atom is 0.435 e. The molecule has 0 fully saturated rings. The van der Waals surface area contributed by atoms with E-state index in [2.05, 4.69) is 15.4 Å². The van der Waals surface area contributed by atoms with Gasteiger partial charge in [-0.3, -0.25) is 9.48 Å². The van der Waals surface area contributed by atoms with Crippen molar-refractivity contribution in [2.75, 3.05) is 6.54 Å². The van der Waals surface area contributed by atoms with Crippen molar-refractivity contribution in [1.82, 2.24) is 20.1 Å². The average molecular weight is 332 g/mol. The summed E-state index contributed by atoms with van der Waals surface area (Å²) in [4.78, 5) is 16.6. The fourth-order valence-corrected chi connectivity index (χ4v) is 2.81. The molecule has 0 aliphatic rings. The third kappa shape index (κ3) is 3.65. The van der Waals surface area contributed by atoms with Crippen LogP contribution in [0.1, 0.15) is 31.8 Å². The van der Waals surface area contributed by atoms with Crippen LogP contribution >= 0.6 is 11.3 Å². The highest BCUT2D eigenvalue weighted by Crippen LogP contribution is 2.28. The third-order valence-corrected chi connectivity index (χ3v) is 4.06. The van der Waals surface area contributed by atoms with Crippen LogP contribution in [0.25, 0.3) is 0 Å². The zero-order valence-corrected chi connectivity index (χ0v) is 13.1. The second-order valence-corrected chi connectivity index (χ2v) is 6.00. The minimum absolute atomic E-state index is 0.171. The molecular weight excluding hydrogens is 317 g/mol. The van der Waals surface area contributed by atoms with Crippen LogP contribution in [0.5, 0.6) is 0 Å². The highest BCUT2D eigenvalue weighted by atomic mass is 32.1. The molecule has 0 aliphatic carbocycles. The van der Waals surface area contributed by atoms with Crippen LogP contribution in [0, 0.1) is 20.8 Å². The summed E-state index contributed by atoms with van der Waals surface area (Å²) in [5.74, 6) is -0.274. The zero-order chi connectivity index (χ0) is 16.5. The van der Waals surface area contributed by atoms with Gasteiger partial charge in [0.1, 0.15) is 4.88 Å². The number of halogens is 3. The number of aromatic nitrogens is 3. The Balaban J connectivity index is 1.95. The summed E-state index contributed by atoms with van der Waals surface area (Å²) < 4.78 is 38.9. The van der Waals surface area contributed by atoms with Crippen molar-refractivity contribution in [3.8, 4) is 0 Å². The summed E-state index contributed by atoms with van der Waals surface area (Å²) >= 11 is 1.29. The lowest BCUT2D eigenvalue weighted by Gasteiger charge is -2.06. The maximum absolute atomic E-state index is 12.5. The van der Waals surface area contributed by atoms with Gasteiger partial charge in [0.05, 0.1) is 17.2 Å². The van der Waals surface area contributed by atoms with Crippen LogP contribution in [-0.2, 0) is 12.7 Å². The zero-order valence-electron chi connectivity index (χ0n) is 12.3. The van der Waals surface area contributed by atoms with E-state index in [0.29, 0.717) is 16.3 Å². The number of thiazole rings is 1. The van der Waals surface area contributed by atoms with E-state index >= 15 is 0 Å². The summed E-state index contributed by atoms with van der Waals surface area (Å²) in [6, 6.07) is 0.985. The number of carbonyl (C=O) groups is 1. The van der Waals surface area contributed by atoms with Crippen molar-refractivity contribution in [2.24, 2.45) is 0 Å². The number of nitrogens with zero attached hydrogens (tertiary/aromatic N) is 3. The molecule has 2 heterocycles. The van der Waals surface area contributed by atoms with Gasteiger partial charge in [-0.15, -0.1) is 11.3 Å². The molecular formula is C13H15F3N4OS. The number of hydrogen-bond donors (Lipinski definition) is 1. The number of carbonyl (C=O) groups excluding carboxylic acids is 1. The normalized spacial score (nSPS) is 11.7. The molecule has 0 spiro atoms. The molecule has 0 bridgehead atoms. The highest BCUT2D eigenvalue weighted by molar-refractivity contribution is 7.13. The van der Waals surface area contributed by atoms with Gasteiger partial charge in [0, 0.05) is 12.2 Å². The van der Waals surface area contributed by atoms with E-state index in [1.54, 1.807) is 20.8 Å². The molecule has 1 amide bonds. The lowest BCUT2D eigenvalue weighted by atomic mass is 10.3. The van der Waals surface area contributed by atoms with Crippen molar-refractivity contribution in [3.05, 3.63) is 33.0 Å². The van der Waals surface area contributed by atoms with Gasteiger partial charge in [0.2, 0.25) is 0 Å². The van der Waals surface area contributed by atoms with Crippen LogP contribution in [0.2, 0.25) is 0 Å².